The van der Waals surface area contributed by atoms with Crippen LogP contribution in [0.2, 0.25) is 0 Å². The molecule has 156 valence electrons. The van der Waals surface area contributed by atoms with Crippen molar-refractivity contribution in [3.8, 4) is 0 Å². The number of halogens is 1. The summed E-state index contributed by atoms with van der Waals surface area (Å²) < 4.78 is 0. The fourth-order valence-electron chi connectivity index (χ4n) is 3.82. The molecule has 29 heavy (non-hydrogen) atoms. The molecule has 8 nitrogen and oxygen atoms in total. The van der Waals surface area contributed by atoms with Crippen LogP contribution in [0, 0.1) is 5.92 Å². The fourth-order valence-corrected chi connectivity index (χ4v) is 5.26. The van der Waals surface area contributed by atoms with Crippen molar-refractivity contribution in [3.63, 3.8) is 0 Å². The highest BCUT2D eigenvalue weighted by Crippen LogP contribution is 2.41. The van der Waals surface area contributed by atoms with E-state index in [1.807, 2.05) is 4.90 Å². The van der Waals surface area contributed by atoms with Gasteiger partial charge in [0.15, 0.2) is 0 Å². The van der Waals surface area contributed by atoms with Gasteiger partial charge in [0, 0.05) is 24.4 Å². The van der Waals surface area contributed by atoms with Crippen molar-refractivity contribution < 1.29 is 24.3 Å². The Morgan fingerprint density at radius 3 is 2.72 bits per heavy atom. The maximum absolute atomic E-state index is 12.6. The summed E-state index contributed by atoms with van der Waals surface area (Å²) >= 11 is 4.56. The molecule has 4 rings (SSSR count). The number of carboxylic acids is 1. The van der Waals surface area contributed by atoms with E-state index in [9.17, 15) is 24.3 Å². The van der Waals surface area contributed by atoms with Gasteiger partial charge in [-0.2, -0.15) is 0 Å². The maximum atomic E-state index is 12.6. The molecule has 3 aliphatic heterocycles. The largest absolute Gasteiger partial charge is 0.477 e. The molecule has 0 radical (unpaired) electrons. The molecule has 2 N–H and O–H groups in total. The second-order valence-electron chi connectivity index (χ2n) is 7.81. The Morgan fingerprint density at radius 2 is 2.10 bits per heavy atom. The van der Waals surface area contributed by atoms with Crippen molar-refractivity contribution >= 4 is 51.4 Å². The number of rotatable bonds is 6. The van der Waals surface area contributed by atoms with Gasteiger partial charge in [0.1, 0.15) is 17.1 Å². The summed E-state index contributed by atoms with van der Waals surface area (Å²) in [6, 6.07) is -0.738. The van der Waals surface area contributed by atoms with Crippen molar-refractivity contribution in [2.75, 3.05) is 18.8 Å². The Hall–Kier alpha value is -1.81. The zero-order chi connectivity index (χ0) is 20.9. The van der Waals surface area contributed by atoms with Gasteiger partial charge in [-0.15, -0.1) is 11.8 Å². The topological polar surface area (TPSA) is 107 Å². The van der Waals surface area contributed by atoms with Gasteiger partial charge < -0.3 is 15.3 Å². The Bertz CT molecular complexity index is 851. The highest BCUT2D eigenvalue weighted by molar-refractivity contribution is 9.10. The predicted octanol–water partition coefficient (Wildman–Crippen LogP) is 1.08. The third kappa shape index (κ3) is 3.84. The van der Waals surface area contributed by atoms with Crippen LogP contribution in [0.4, 0.5) is 0 Å². The van der Waals surface area contributed by atoms with Crippen LogP contribution in [-0.4, -0.2) is 73.7 Å². The van der Waals surface area contributed by atoms with E-state index in [2.05, 4.69) is 21.2 Å². The molecule has 3 amide bonds. The molecule has 1 saturated carbocycles. The summed E-state index contributed by atoms with van der Waals surface area (Å²) in [6.07, 6.45) is 4.57. The third-order valence-corrected chi connectivity index (χ3v) is 7.31. The standard InChI is InChI=1S/C19H22BrN3O5S/c1-9(20)15(24)21-13-17(26)23-14(19(27)28)12(8-29-18(13)23)6-11-4-5-22(16(11)25)7-10-2-3-10/h6,9-10,13,18H,2-5,7-8H2,1H3,(H,21,24)(H,27,28)/b11-6+. The lowest BCUT2D eigenvalue weighted by Crippen LogP contribution is -2.71. The molecule has 3 atom stereocenters. The van der Waals surface area contributed by atoms with E-state index in [0.29, 0.717) is 35.8 Å². The minimum absolute atomic E-state index is 0.0346. The molecule has 10 heteroatoms. The first-order valence-corrected chi connectivity index (χ1v) is 11.6. The third-order valence-electron chi connectivity index (χ3n) is 5.60. The highest BCUT2D eigenvalue weighted by atomic mass is 79.9. The summed E-state index contributed by atoms with van der Waals surface area (Å²) in [5.74, 6) is -1.02. The molecule has 0 aromatic rings. The molecule has 0 aromatic carbocycles. The number of fused-ring (bicyclic) bond motifs is 1. The average molecular weight is 484 g/mol. The molecule has 0 bridgehead atoms. The van der Waals surface area contributed by atoms with Gasteiger partial charge in [0.05, 0.1) is 4.83 Å². The van der Waals surface area contributed by atoms with Crippen LogP contribution >= 0.6 is 27.7 Å². The number of β-lactam (4-membered cyclic amide) rings is 1. The number of alkyl halides is 1. The number of aliphatic carboxylic acids is 1. The van der Waals surface area contributed by atoms with Gasteiger partial charge in [0.2, 0.25) is 11.8 Å². The second kappa shape index (κ2) is 7.79. The summed E-state index contributed by atoms with van der Waals surface area (Å²) in [4.78, 5) is 51.7. The van der Waals surface area contributed by atoms with Gasteiger partial charge in [-0.1, -0.05) is 15.9 Å². The number of carbonyl (C=O) groups excluding carboxylic acids is 3. The van der Waals surface area contributed by atoms with E-state index in [0.717, 1.165) is 19.4 Å². The fraction of sp³-hybridized carbons (Fsp3) is 0.579. The zero-order valence-corrected chi connectivity index (χ0v) is 18.3. The molecule has 0 aromatic heterocycles. The molecule has 3 fully saturated rings. The number of thioether (sulfide) groups is 1. The number of carbonyl (C=O) groups is 4. The van der Waals surface area contributed by atoms with E-state index in [-0.39, 0.29) is 17.5 Å². The monoisotopic (exact) mass is 483 g/mol. The summed E-state index contributed by atoms with van der Waals surface area (Å²) in [7, 11) is 0. The van der Waals surface area contributed by atoms with Crippen molar-refractivity contribution in [1.29, 1.82) is 0 Å². The first-order chi connectivity index (χ1) is 13.8. The Morgan fingerprint density at radius 1 is 1.38 bits per heavy atom. The number of nitrogens with zero attached hydrogens (tertiary/aromatic N) is 2. The summed E-state index contributed by atoms with van der Waals surface area (Å²) in [5.41, 5.74) is 0.990. The van der Waals surface area contributed by atoms with Crippen LogP contribution in [0.1, 0.15) is 26.2 Å². The molecule has 4 aliphatic rings. The lowest BCUT2D eigenvalue weighted by molar-refractivity contribution is -0.150. The van der Waals surface area contributed by atoms with E-state index < -0.39 is 28.1 Å². The molecule has 3 unspecified atom stereocenters. The molecular formula is C19H22BrN3O5S. The number of amides is 3. The van der Waals surface area contributed by atoms with Crippen LogP contribution in [-0.2, 0) is 19.2 Å². The zero-order valence-electron chi connectivity index (χ0n) is 15.9. The number of hydrogen-bond donors (Lipinski definition) is 2. The first-order valence-electron chi connectivity index (χ1n) is 9.63. The van der Waals surface area contributed by atoms with E-state index >= 15 is 0 Å². The number of carboxylic acid groups (broad SMARTS) is 1. The smallest absolute Gasteiger partial charge is 0.352 e. The summed E-state index contributed by atoms with van der Waals surface area (Å²) in [6.45, 7) is 3.09. The van der Waals surface area contributed by atoms with E-state index in [1.165, 1.54) is 16.7 Å². The SMILES string of the molecule is CC(Br)C(=O)NC1C(=O)N2C(C(=O)O)=C(/C=C3\CCN(CC4CC4)C3=O)CSC12. The number of likely N-dealkylation sites (tertiary alicyclic amines) is 1. The minimum Gasteiger partial charge on any atom is -0.477 e. The lowest BCUT2D eigenvalue weighted by Gasteiger charge is -2.49. The molecule has 2 saturated heterocycles. The predicted molar refractivity (Wildman–Crippen MR) is 110 cm³/mol. The van der Waals surface area contributed by atoms with Crippen molar-refractivity contribution in [3.05, 3.63) is 22.9 Å². The van der Waals surface area contributed by atoms with Crippen LogP contribution in [0.15, 0.2) is 22.9 Å². The summed E-state index contributed by atoms with van der Waals surface area (Å²) in [5, 5.41) is 12.0. The van der Waals surface area contributed by atoms with Gasteiger partial charge >= 0.3 is 5.97 Å². The number of nitrogens with one attached hydrogen (secondary N) is 1. The van der Waals surface area contributed by atoms with Gasteiger partial charge in [0.25, 0.3) is 5.91 Å². The molecule has 0 spiro atoms. The van der Waals surface area contributed by atoms with E-state index in [1.54, 1.807) is 13.0 Å². The lowest BCUT2D eigenvalue weighted by atomic mass is 10.0. The number of allylic oxidation sites excluding steroid dienone is 1. The maximum Gasteiger partial charge on any atom is 0.352 e. The van der Waals surface area contributed by atoms with Crippen LogP contribution in [0.3, 0.4) is 0 Å². The Labute approximate surface area is 180 Å². The van der Waals surface area contributed by atoms with Gasteiger partial charge in [-0.25, -0.2) is 4.79 Å². The minimum atomic E-state index is -1.20. The second-order valence-corrected chi connectivity index (χ2v) is 10.3. The van der Waals surface area contributed by atoms with Crippen LogP contribution in [0.5, 0.6) is 0 Å². The first kappa shape index (κ1) is 20.5. The normalized spacial score (nSPS) is 29.1. The molecule has 3 heterocycles. The highest BCUT2D eigenvalue weighted by Gasteiger charge is 2.54. The quantitative estimate of drug-likeness (QED) is 0.332. The van der Waals surface area contributed by atoms with Crippen molar-refractivity contribution in [1.82, 2.24) is 15.1 Å². The van der Waals surface area contributed by atoms with Crippen LogP contribution in [0.25, 0.3) is 0 Å². The molecule has 1 aliphatic carbocycles. The molecular weight excluding hydrogens is 462 g/mol. The van der Waals surface area contributed by atoms with Crippen molar-refractivity contribution in [2.45, 2.75) is 42.4 Å². The van der Waals surface area contributed by atoms with E-state index in [4.69, 9.17) is 0 Å². The van der Waals surface area contributed by atoms with Gasteiger partial charge in [-0.05, 0) is 43.8 Å². The van der Waals surface area contributed by atoms with Gasteiger partial charge in [-0.3, -0.25) is 19.3 Å². The Kier molecular flexibility index (Phi) is 5.50. The Balaban J connectivity index is 1.54. The van der Waals surface area contributed by atoms with Crippen molar-refractivity contribution in [2.24, 2.45) is 5.92 Å². The average Bonchev–Trinajstić information content (AvgIpc) is 3.44. The van der Waals surface area contributed by atoms with Crippen LogP contribution < -0.4 is 5.32 Å². The number of hydrogen-bond acceptors (Lipinski definition) is 5.